The molecule has 0 spiro atoms. The Balaban J connectivity index is 1.79. The van der Waals surface area contributed by atoms with Crippen LogP contribution in [0.2, 0.25) is 0 Å². The number of carbonyl (C=O) groups excluding carboxylic acids is 1. The first-order chi connectivity index (χ1) is 9.25. The molecule has 0 unspecified atom stereocenters. The monoisotopic (exact) mass is 259 g/mol. The van der Waals surface area contributed by atoms with Crippen LogP contribution in [0, 0.1) is 0 Å². The second kappa shape index (κ2) is 5.15. The lowest BCUT2D eigenvalue weighted by Crippen LogP contribution is -2.44. The number of hydrogen-bond acceptors (Lipinski definition) is 3. The Morgan fingerprint density at radius 1 is 1.26 bits per heavy atom. The Morgan fingerprint density at radius 2 is 2.05 bits per heavy atom. The van der Waals surface area contributed by atoms with Crippen molar-refractivity contribution in [3.63, 3.8) is 0 Å². The summed E-state index contributed by atoms with van der Waals surface area (Å²) in [6, 6.07) is 8.91. The van der Waals surface area contributed by atoms with Crippen molar-refractivity contribution >= 4 is 5.91 Å². The highest BCUT2D eigenvalue weighted by atomic mass is 16.7. The zero-order valence-corrected chi connectivity index (χ0v) is 10.6. The highest BCUT2D eigenvalue weighted by Gasteiger charge is 2.35. The maximum Gasteiger partial charge on any atom is 0.280 e. The van der Waals surface area contributed by atoms with Gasteiger partial charge >= 0.3 is 0 Å². The fourth-order valence-electron chi connectivity index (χ4n) is 2.59. The third-order valence-electron chi connectivity index (χ3n) is 3.65. The summed E-state index contributed by atoms with van der Waals surface area (Å²) >= 11 is 0. The highest BCUT2D eigenvalue weighted by Crippen LogP contribution is 2.28. The molecule has 3 aliphatic rings. The van der Waals surface area contributed by atoms with Gasteiger partial charge in [-0.05, 0) is 24.8 Å². The fraction of sp³-hybridized carbons (Fsp3) is 0.400. The van der Waals surface area contributed by atoms with Gasteiger partial charge < -0.3 is 5.11 Å². The topological polar surface area (TPSA) is 49.8 Å². The second-order valence-corrected chi connectivity index (χ2v) is 5.00. The summed E-state index contributed by atoms with van der Waals surface area (Å²) in [6.07, 6.45) is 5.68. The minimum Gasteiger partial charge on any atom is -0.378 e. The van der Waals surface area contributed by atoms with E-state index in [1.165, 1.54) is 5.06 Å². The summed E-state index contributed by atoms with van der Waals surface area (Å²) < 4.78 is 0. The summed E-state index contributed by atoms with van der Waals surface area (Å²) in [7, 11) is 0. The molecule has 3 atom stereocenters. The first-order valence-electron chi connectivity index (χ1n) is 6.67. The first-order valence-corrected chi connectivity index (χ1v) is 6.67. The zero-order chi connectivity index (χ0) is 13.2. The lowest BCUT2D eigenvalue weighted by atomic mass is 10.1. The van der Waals surface area contributed by atoms with E-state index in [4.69, 9.17) is 4.84 Å². The molecule has 1 N–H and O–H groups in total. The third-order valence-corrected chi connectivity index (χ3v) is 3.65. The van der Waals surface area contributed by atoms with Crippen LogP contribution in [0.1, 0.15) is 30.9 Å². The van der Waals surface area contributed by atoms with Gasteiger partial charge in [-0.15, -0.1) is 0 Å². The van der Waals surface area contributed by atoms with Gasteiger partial charge in [0.1, 0.15) is 6.10 Å². The predicted octanol–water partition coefficient (Wildman–Crippen LogP) is 1.97. The van der Waals surface area contributed by atoms with Gasteiger partial charge in [0, 0.05) is 0 Å². The van der Waals surface area contributed by atoms with Gasteiger partial charge in [0.05, 0.1) is 6.04 Å². The fourth-order valence-corrected chi connectivity index (χ4v) is 2.59. The standard InChI is InChI=1S/C15H17NO3/c17-14(11-5-2-1-3-6-11)15(18)16-12-7-4-8-13(19-16)10-9-12/h1-3,5-6,9-10,12-14,17H,4,7-8H2/t12-,13+,14+/m0/s1. The molecule has 0 radical (unpaired) electrons. The molecule has 1 aromatic rings. The van der Waals surface area contributed by atoms with Gasteiger partial charge in [0.25, 0.3) is 5.91 Å². The van der Waals surface area contributed by atoms with E-state index in [-0.39, 0.29) is 18.1 Å². The number of amides is 1. The number of aliphatic hydroxyl groups excluding tert-OH is 1. The van der Waals surface area contributed by atoms with Gasteiger partial charge in [-0.3, -0.25) is 9.63 Å². The van der Waals surface area contributed by atoms with Crippen molar-refractivity contribution < 1.29 is 14.7 Å². The summed E-state index contributed by atoms with van der Waals surface area (Å²) in [5.74, 6) is -0.382. The number of rotatable bonds is 2. The maximum atomic E-state index is 12.4. The molecule has 1 saturated heterocycles. The number of benzene rings is 1. The summed E-state index contributed by atoms with van der Waals surface area (Å²) in [5.41, 5.74) is 0.597. The zero-order valence-electron chi connectivity index (χ0n) is 10.6. The summed E-state index contributed by atoms with van der Waals surface area (Å²) in [6.45, 7) is 0. The van der Waals surface area contributed by atoms with Gasteiger partial charge in [-0.25, -0.2) is 5.06 Å². The molecule has 2 heterocycles. The second-order valence-electron chi connectivity index (χ2n) is 5.00. The number of fused-ring (bicyclic) bond motifs is 3. The van der Waals surface area contributed by atoms with E-state index in [2.05, 4.69) is 0 Å². The molecule has 1 aromatic carbocycles. The van der Waals surface area contributed by atoms with Gasteiger partial charge in [0.2, 0.25) is 0 Å². The van der Waals surface area contributed by atoms with Crippen LogP contribution in [0.15, 0.2) is 42.5 Å². The molecular formula is C15H17NO3. The smallest absolute Gasteiger partial charge is 0.280 e. The third kappa shape index (κ3) is 2.41. The molecule has 0 saturated carbocycles. The minimum absolute atomic E-state index is 0.0364. The van der Waals surface area contributed by atoms with E-state index >= 15 is 0 Å². The average molecular weight is 259 g/mol. The van der Waals surface area contributed by atoms with E-state index in [9.17, 15) is 9.90 Å². The van der Waals surface area contributed by atoms with Crippen LogP contribution in [0.5, 0.6) is 0 Å². The average Bonchev–Trinajstić information content (AvgIpc) is 2.82. The molecular weight excluding hydrogens is 242 g/mol. The van der Waals surface area contributed by atoms with Crippen LogP contribution in [0.3, 0.4) is 0 Å². The van der Waals surface area contributed by atoms with Gasteiger partial charge in [-0.2, -0.15) is 0 Å². The van der Waals surface area contributed by atoms with E-state index in [1.54, 1.807) is 24.3 Å². The van der Waals surface area contributed by atoms with Crippen LogP contribution in [0.4, 0.5) is 0 Å². The number of hydroxylamine groups is 2. The van der Waals surface area contributed by atoms with E-state index in [0.29, 0.717) is 5.56 Å². The van der Waals surface area contributed by atoms with Crippen molar-refractivity contribution in [3.05, 3.63) is 48.0 Å². The van der Waals surface area contributed by atoms with Crippen molar-refractivity contribution in [2.45, 2.75) is 37.5 Å². The Bertz CT molecular complexity index is 485. The number of carbonyl (C=O) groups is 1. The molecule has 1 fully saturated rings. The van der Waals surface area contributed by atoms with E-state index in [0.717, 1.165) is 19.3 Å². The lowest BCUT2D eigenvalue weighted by Gasteiger charge is -2.33. The first kappa shape index (κ1) is 12.4. The number of nitrogens with zero attached hydrogens (tertiary/aromatic N) is 1. The Hall–Kier alpha value is -1.65. The van der Waals surface area contributed by atoms with Crippen LogP contribution >= 0.6 is 0 Å². The molecule has 4 heteroatoms. The Labute approximate surface area is 112 Å². The van der Waals surface area contributed by atoms with Crippen molar-refractivity contribution in [1.29, 1.82) is 0 Å². The largest absolute Gasteiger partial charge is 0.378 e. The van der Waals surface area contributed by atoms with Crippen molar-refractivity contribution in [3.8, 4) is 0 Å². The molecule has 1 aliphatic carbocycles. The summed E-state index contributed by atoms with van der Waals surface area (Å²) in [5, 5.41) is 11.5. The maximum absolute atomic E-state index is 12.4. The quantitative estimate of drug-likeness (QED) is 0.826. The molecule has 1 amide bonds. The molecule has 2 aliphatic heterocycles. The van der Waals surface area contributed by atoms with E-state index in [1.807, 2.05) is 18.2 Å². The van der Waals surface area contributed by atoms with Crippen LogP contribution < -0.4 is 0 Å². The highest BCUT2D eigenvalue weighted by molar-refractivity contribution is 5.81. The van der Waals surface area contributed by atoms with Gasteiger partial charge in [0.15, 0.2) is 6.10 Å². The number of aliphatic hydroxyl groups is 1. The predicted molar refractivity (Wildman–Crippen MR) is 69.9 cm³/mol. The molecule has 19 heavy (non-hydrogen) atoms. The van der Waals surface area contributed by atoms with Crippen LogP contribution in [-0.2, 0) is 9.63 Å². The molecule has 4 rings (SSSR count). The van der Waals surface area contributed by atoms with Crippen LogP contribution in [0.25, 0.3) is 0 Å². The molecule has 100 valence electrons. The molecule has 0 aromatic heterocycles. The van der Waals surface area contributed by atoms with Crippen LogP contribution in [-0.4, -0.2) is 28.2 Å². The minimum atomic E-state index is -1.16. The Kier molecular flexibility index (Phi) is 3.36. The molecule has 4 nitrogen and oxygen atoms in total. The van der Waals surface area contributed by atoms with Gasteiger partial charge in [-0.1, -0.05) is 42.5 Å². The summed E-state index contributed by atoms with van der Waals surface area (Å²) in [4.78, 5) is 18.0. The van der Waals surface area contributed by atoms with Crippen molar-refractivity contribution in [1.82, 2.24) is 5.06 Å². The normalized spacial score (nSPS) is 27.1. The number of hydrogen-bond donors (Lipinski definition) is 1. The SMILES string of the molecule is O=C([C@H](O)c1ccccc1)N1O[C@H]2C=C[C@@H]1CCC2. The van der Waals surface area contributed by atoms with E-state index < -0.39 is 6.10 Å². The van der Waals surface area contributed by atoms with Crippen molar-refractivity contribution in [2.24, 2.45) is 0 Å². The molecule has 2 bridgehead atoms. The lowest BCUT2D eigenvalue weighted by molar-refractivity contribution is -0.216. The Morgan fingerprint density at radius 3 is 2.84 bits per heavy atom. The van der Waals surface area contributed by atoms with Crippen molar-refractivity contribution in [2.75, 3.05) is 0 Å².